The lowest BCUT2D eigenvalue weighted by atomic mass is 9.91. The van der Waals surface area contributed by atoms with Gasteiger partial charge >= 0.3 is 0 Å². The molecule has 0 N–H and O–H groups in total. The van der Waals surface area contributed by atoms with Crippen molar-refractivity contribution in [1.29, 1.82) is 0 Å². The average Bonchev–Trinajstić information content (AvgIpc) is 3.01. The predicted octanol–water partition coefficient (Wildman–Crippen LogP) is 5.79. The number of ketones is 1. The largest absolute Gasteiger partial charge is 0.345 e. The Hall–Kier alpha value is -1.32. The summed E-state index contributed by atoms with van der Waals surface area (Å²) in [7, 11) is 0. The fourth-order valence-corrected chi connectivity index (χ4v) is 4.51. The van der Waals surface area contributed by atoms with Gasteiger partial charge in [0.05, 0.1) is 10.5 Å². The maximum Gasteiger partial charge on any atom is 0.161 e. The van der Waals surface area contributed by atoms with Crippen LogP contribution in [-0.4, -0.2) is 34.9 Å². The van der Waals surface area contributed by atoms with Crippen LogP contribution in [0.5, 0.6) is 0 Å². The van der Waals surface area contributed by atoms with Crippen LogP contribution < -0.4 is 0 Å². The van der Waals surface area contributed by atoms with Gasteiger partial charge < -0.3 is 9.47 Å². The summed E-state index contributed by atoms with van der Waals surface area (Å²) in [5, 5.41) is 1.70. The van der Waals surface area contributed by atoms with Gasteiger partial charge in [0.1, 0.15) is 0 Å². The van der Waals surface area contributed by atoms with Crippen molar-refractivity contribution in [3.05, 3.63) is 35.0 Å². The van der Waals surface area contributed by atoms with Crippen LogP contribution in [0.2, 0.25) is 5.02 Å². The van der Waals surface area contributed by atoms with Gasteiger partial charge in [-0.15, -0.1) is 0 Å². The SMILES string of the molecule is CCCCC1CCN(CCCn2cc(C(C)=O)c3cccc(Cl)c32)CC1. The standard InChI is InChI=1S/C22H31ClN2O/c1-3-4-7-18-10-14-24(15-11-18)12-6-13-25-16-20(17(2)26)19-8-5-9-21(23)22(19)25/h5,8-9,16,18H,3-4,6-7,10-15H2,1-2H3. The molecule has 0 spiro atoms. The molecule has 0 amide bonds. The third-order valence-corrected chi connectivity index (χ3v) is 6.08. The van der Waals surface area contributed by atoms with Crippen LogP contribution in [0.1, 0.15) is 62.7 Å². The molecule has 1 aliphatic heterocycles. The number of carbonyl (C=O) groups excluding carboxylic acids is 1. The number of hydrogen-bond acceptors (Lipinski definition) is 2. The van der Waals surface area contributed by atoms with Gasteiger partial charge in [-0.2, -0.15) is 0 Å². The van der Waals surface area contributed by atoms with Gasteiger partial charge in [-0.25, -0.2) is 0 Å². The van der Waals surface area contributed by atoms with E-state index in [1.807, 2.05) is 24.4 Å². The Morgan fingerprint density at radius 3 is 2.65 bits per heavy atom. The molecule has 2 aromatic rings. The minimum absolute atomic E-state index is 0.102. The van der Waals surface area contributed by atoms with E-state index in [1.165, 1.54) is 45.2 Å². The van der Waals surface area contributed by atoms with E-state index in [1.54, 1.807) is 6.92 Å². The third-order valence-electron chi connectivity index (χ3n) is 5.77. The van der Waals surface area contributed by atoms with Crippen LogP contribution in [0, 0.1) is 5.92 Å². The second-order valence-electron chi connectivity index (χ2n) is 7.71. The molecule has 2 heterocycles. The molecule has 26 heavy (non-hydrogen) atoms. The highest BCUT2D eigenvalue weighted by molar-refractivity contribution is 6.35. The number of nitrogens with zero attached hydrogens (tertiary/aromatic N) is 2. The number of rotatable bonds is 8. The van der Waals surface area contributed by atoms with E-state index in [-0.39, 0.29) is 5.78 Å². The van der Waals surface area contributed by atoms with Crippen molar-refractivity contribution in [2.75, 3.05) is 19.6 Å². The molecule has 0 aliphatic carbocycles. The molecule has 1 aromatic heterocycles. The molecule has 4 heteroatoms. The van der Waals surface area contributed by atoms with Gasteiger partial charge in [0.25, 0.3) is 0 Å². The third kappa shape index (κ3) is 4.50. The fourth-order valence-electron chi connectivity index (χ4n) is 4.23. The number of Topliss-reactive ketones (excluding diaryl/α,β-unsaturated/α-hetero) is 1. The Kier molecular flexibility index (Phi) is 6.77. The van der Waals surface area contributed by atoms with Crippen molar-refractivity contribution in [1.82, 2.24) is 9.47 Å². The Morgan fingerprint density at radius 2 is 1.96 bits per heavy atom. The summed E-state index contributed by atoms with van der Waals surface area (Å²) in [5.41, 5.74) is 1.77. The van der Waals surface area contributed by atoms with Gasteiger partial charge in [0.15, 0.2) is 5.78 Å². The number of hydrogen-bond donors (Lipinski definition) is 0. The van der Waals surface area contributed by atoms with Crippen molar-refractivity contribution in [2.45, 2.75) is 58.9 Å². The van der Waals surface area contributed by atoms with E-state index in [4.69, 9.17) is 11.6 Å². The highest BCUT2D eigenvalue weighted by Gasteiger charge is 2.19. The normalized spacial score (nSPS) is 16.4. The lowest BCUT2D eigenvalue weighted by Crippen LogP contribution is -2.34. The first-order chi connectivity index (χ1) is 12.6. The minimum atomic E-state index is 0.102. The number of likely N-dealkylation sites (tertiary alicyclic amines) is 1. The second kappa shape index (κ2) is 9.05. The van der Waals surface area contributed by atoms with Crippen LogP contribution >= 0.6 is 11.6 Å². The zero-order valence-corrected chi connectivity index (χ0v) is 16.9. The number of carbonyl (C=O) groups is 1. The minimum Gasteiger partial charge on any atom is -0.345 e. The molecule has 1 saturated heterocycles. The van der Waals surface area contributed by atoms with Crippen molar-refractivity contribution >= 4 is 28.3 Å². The molecule has 0 unspecified atom stereocenters. The Bertz CT molecular complexity index is 744. The van der Waals surface area contributed by atoms with E-state index in [9.17, 15) is 4.79 Å². The first-order valence-electron chi connectivity index (χ1n) is 10.1. The maximum atomic E-state index is 11.9. The molecule has 142 valence electrons. The fraction of sp³-hybridized carbons (Fsp3) is 0.591. The second-order valence-corrected chi connectivity index (χ2v) is 8.12. The van der Waals surface area contributed by atoms with E-state index >= 15 is 0 Å². The van der Waals surface area contributed by atoms with Gasteiger partial charge in [0.2, 0.25) is 0 Å². The number of piperidine rings is 1. The smallest absolute Gasteiger partial charge is 0.161 e. The summed E-state index contributed by atoms with van der Waals surface area (Å²) in [6.07, 6.45) is 9.88. The maximum absolute atomic E-state index is 11.9. The lowest BCUT2D eigenvalue weighted by molar-refractivity contribution is 0.101. The molecular weight excluding hydrogens is 344 g/mol. The predicted molar refractivity (Wildman–Crippen MR) is 110 cm³/mol. The van der Waals surface area contributed by atoms with Gasteiger partial charge in [-0.3, -0.25) is 4.79 Å². The first-order valence-corrected chi connectivity index (χ1v) is 10.5. The highest BCUT2D eigenvalue weighted by atomic mass is 35.5. The molecule has 1 aliphatic rings. The summed E-state index contributed by atoms with van der Waals surface area (Å²) < 4.78 is 2.17. The van der Waals surface area contributed by atoms with Crippen LogP contribution in [-0.2, 0) is 6.54 Å². The molecule has 1 aromatic carbocycles. The van der Waals surface area contributed by atoms with Crippen LogP contribution in [0.25, 0.3) is 10.9 Å². The summed E-state index contributed by atoms with van der Waals surface area (Å²) in [4.78, 5) is 14.5. The quantitative estimate of drug-likeness (QED) is 0.546. The Labute approximate surface area is 162 Å². The number of aryl methyl sites for hydroxylation is 1. The number of halogens is 1. The van der Waals surface area contributed by atoms with Gasteiger partial charge in [-0.1, -0.05) is 49.9 Å². The summed E-state index contributed by atoms with van der Waals surface area (Å²) in [5.74, 6) is 1.04. The summed E-state index contributed by atoms with van der Waals surface area (Å²) in [6, 6.07) is 5.82. The van der Waals surface area contributed by atoms with Gasteiger partial charge in [-0.05, 0) is 57.8 Å². The molecule has 0 atom stereocenters. The van der Waals surface area contributed by atoms with Crippen molar-refractivity contribution in [3.63, 3.8) is 0 Å². The topological polar surface area (TPSA) is 25.2 Å². The van der Waals surface area contributed by atoms with Gasteiger partial charge in [0, 0.05) is 23.7 Å². The van der Waals surface area contributed by atoms with Crippen LogP contribution in [0.15, 0.2) is 24.4 Å². The molecule has 0 radical (unpaired) electrons. The average molecular weight is 375 g/mol. The van der Waals surface area contributed by atoms with E-state index < -0.39 is 0 Å². The molecule has 3 rings (SSSR count). The van der Waals surface area contributed by atoms with Crippen molar-refractivity contribution in [3.8, 4) is 0 Å². The van der Waals surface area contributed by atoms with E-state index in [0.717, 1.165) is 46.9 Å². The molecule has 1 fully saturated rings. The van der Waals surface area contributed by atoms with E-state index in [0.29, 0.717) is 0 Å². The van der Waals surface area contributed by atoms with Crippen molar-refractivity contribution in [2.24, 2.45) is 5.92 Å². The molecule has 3 nitrogen and oxygen atoms in total. The number of benzene rings is 1. The van der Waals surface area contributed by atoms with Crippen molar-refractivity contribution < 1.29 is 4.79 Å². The Morgan fingerprint density at radius 1 is 1.19 bits per heavy atom. The van der Waals surface area contributed by atoms with E-state index in [2.05, 4.69) is 16.4 Å². The monoisotopic (exact) mass is 374 g/mol. The van der Waals surface area contributed by atoms with Crippen LogP contribution in [0.3, 0.4) is 0 Å². The van der Waals surface area contributed by atoms with Crippen LogP contribution in [0.4, 0.5) is 0 Å². The zero-order valence-electron chi connectivity index (χ0n) is 16.1. The summed E-state index contributed by atoms with van der Waals surface area (Å²) in [6.45, 7) is 8.41. The lowest BCUT2D eigenvalue weighted by Gasteiger charge is -2.32. The Balaban J connectivity index is 1.57. The number of unbranched alkanes of at least 4 members (excludes halogenated alkanes) is 1. The first kappa shape index (κ1) is 19.4. The summed E-state index contributed by atoms with van der Waals surface area (Å²) >= 11 is 6.42. The number of aromatic nitrogens is 1. The highest BCUT2D eigenvalue weighted by Crippen LogP contribution is 2.29. The molecule has 0 bridgehead atoms. The molecular formula is C22H31ClN2O. The number of fused-ring (bicyclic) bond motifs is 1. The zero-order chi connectivity index (χ0) is 18.5. The number of para-hydroxylation sites is 1. The molecule has 0 saturated carbocycles.